The molecule has 1 heteroatoms. The number of nitrogens with zero attached hydrogens (tertiary/aromatic N) is 1. The van der Waals surface area contributed by atoms with E-state index in [2.05, 4.69) is 117 Å². The quantitative estimate of drug-likeness (QED) is 0.252. The molecule has 0 radical (unpaired) electrons. The summed E-state index contributed by atoms with van der Waals surface area (Å²) < 4.78 is 2.28. The van der Waals surface area contributed by atoms with Crippen molar-refractivity contribution >= 4 is 10.8 Å². The van der Waals surface area contributed by atoms with E-state index in [4.69, 9.17) is 0 Å². The molecule has 0 aliphatic heterocycles. The van der Waals surface area contributed by atoms with Crippen molar-refractivity contribution in [3.63, 3.8) is 0 Å². The fourth-order valence-electron chi connectivity index (χ4n) is 5.75. The number of fused-ring (bicyclic) bond motifs is 5. The number of rotatable bonds is 2. The van der Waals surface area contributed by atoms with Crippen LogP contribution in [0.15, 0.2) is 85.1 Å². The van der Waals surface area contributed by atoms with Gasteiger partial charge in [-0.3, -0.25) is 0 Å². The van der Waals surface area contributed by atoms with Crippen LogP contribution in [0.2, 0.25) is 0 Å². The molecule has 1 aliphatic carbocycles. The van der Waals surface area contributed by atoms with Crippen LogP contribution < -0.4 is 4.57 Å². The van der Waals surface area contributed by atoms with E-state index in [1.807, 2.05) is 0 Å². The van der Waals surface area contributed by atoms with Gasteiger partial charge >= 0.3 is 0 Å². The molecule has 1 aliphatic rings. The average molecular weight is 427 g/mol. The molecular weight excluding hydrogens is 398 g/mol. The fourth-order valence-corrected chi connectivity index (χ4v) is 5.75. The maximum Gasteiger partial charge on any atom is 0.213 e. The number of benzene rings is 4. The summed E-state index contributed by atoms with van der Waals surface area (Å²) in [5, 5.41) is 2.74. The molecule has 1 aromatic heterocycles. The molecule has 1 heterocycles. The van der Waals surface area contributed by atoms with Crippen molar-refractivity contribution in [3.8, 4) is 33.5 Å². The van der Waals surface area contributed by atoms with Gasteiger partial charge in [0.05, 0.1) is 0 Å². The smallest absolute Gasteiger partial charge is 0.201 e. The first-order valence-corrected chi connectivity index (χ1v) is 11.7. The predicted molar refractivity (Wildman–Crippen MR) is 138 cm³/mol. The first kappa shape index (κ1) is 19.9. The largest absolute Gasteiger partial charge is 0.213 e. The van der Waals surface area contributed by atoms with Gasteiger partial charge in [-0.15, -0.1) is 0 Å². The van der Waals surface area contributed by atoms with E-state index in [9.17, 15) is 0 Å². The lowest BCUT2D eigenvalue weighted by molar-refractivity contribution is -0.660. The Kier molecular flexibility index (Phi) is 4.48. The molecule has 0 unspecified atom stereocenters. The van der Waals surface area contributed by atoms with Crippen molar-refractivity contribution in [1.82, 2.24) is 0 Å². The molecule has 0 spiro atoms. The number of aromatic nitrogens is 1. The van der Waals surface area contributed by atoms with Crippen LogP contribution in [-0.4, -0.2) is 0 Å². The Balaban J connectivity index is 1.55. The highest BCUT2D eigenvalue weighted by molar-refractivity contribution is 6.03. The summed E-state index contributed by atoms with van der Waals surface area (Å²) in [7, 11) is 2.16. The van der Waals surface area contributed by atoms with Crippen LogP contribution in [0.1, 0.15) is 27.8 Å². The Morgan fingerprint density at radius 2 is 1.36 bits per heavy atom. The first-order chi connectivity index (χ1) is 16.0. The van der Waals surface area contributed by atoms with Gasteiger partial charge in [-0.25, -0.2) is 4.57 Å². The molecule has 0 bridgehead atoms. The second-order valence-corrected chi connectivity index (χ2v) is 9.45. The van der Waals surface area contributed by atoms with E-state index in [1.165, 1.54) is 72.1 Å². The normalized spacial score (nSPS) is 12.1. The minimum atomic E-state index is 1.01. The van der Waals surface area contributed by atoms with Crippen LogP contribution >= 0.6 is 0 Å². The van der Waals surface area contributed by atoms with Gasteiger partial charge < -0.3 is 0 Å². The van der Waals surface area contributed by atoms with E-state index in [1.54, 1.807) is 0 Å². The van der Waals surface area contributed by atoms with Gasteiger partial charge in [0, 0.05) is 17.2 Å². The number of hydrogen-bond donors (Lipinski definition) is 0. The minimum Gasteiger partial charge on any atom is -0.201 e. The Hall–Kier alpha value is -3.71. The van der Waals surface area contributed by atoms with Gasteiger partial charge in [0.1, 0.15) is 7.05 Å². The molecule has 1 nitrogen and oxygen atoms in total. The van der Waals surface area contributed by atoms with Crippen molar-refractivity contribution in [3.05, 3.63) is 113 Å². The van der Waals surface area contributed by atoms with Crippen molar-refractivity contribution in [2.75, 3.05) is 0 Å². The Bertz CT molecular complexity index is 1560. The third-order valence-corrected chi connectivity index (χ3v) is 7.40. The molecule has 5 aromatic rings. The molecule has 6 rings (SSSR count). The Morgan fingerprint density at radius 3 is 2.15 bits per heavy atom. The minimum absolute atomic E-state index is 1.01. The zero-order valence-corrected chi connectivity index (χ0v) is 19.7. The summed E-state index contributed by atoms with van der Waals surface area (Å²) in [6.45, 7) is 6.74. The van der Waals surface area contributed by atoms with E-state index in [0.29, 0.717) is 0 Å². The van der Waals surface area contributed by atoms with Gasteiger partial charge in [-0.1, -0.05) is 66.7 Å². The summed E-state index contributed by atoms with van der Waals surface area (Å²) in [6.07, 6.45) is 3.27. The van der Waals surface area contributed by atoms with Crippen molar-refractivity contribution in [2.24, 2.45) is 7.05 Å². The molecule has 0 saturated heterocycles. The van der Waals surface area contributed by atoms with Crippen LogP contribution in [0.4, 0.5) is 0 Å². The van der Waals surface area contributed by atoms with Crippen molar-refractivity contribution in [1.29, 1.82) is 0 Å². The van der Waals surface area contributed by atoms with Gasteiger partial charge in [0.25, 0.3) is 0 Å². The summed E-state index contributed by atoms with van der Waals surface area (Å²) in [4.78, 5) is 0. The van der Waals surface area contributed by atoms with E-state index in [0.717, 1.165) is 6.42 Å². The summed E-state index contributed by atoms with van der Waals surface area (Å²) in [5.41, 5.74) is 15.0. The Labute approximate surface area is 196 Å². The van der Waals surface area contributed by atoms with Gasteiger partial charge in [-0.05, 0) is 88.5 Å². The predicted octanol–water partition coefficient (Wildman–Crippen LogP) is 7.49. The van der Waals surface area contributed by atoms with Crippen LogP contribution in [-0.2, 0) is 13.5 Å². The van der Waals surface area contributed by atoms with E-state index >= 15 is 0 Å². The van der Waals surface area contributed by atoms with Crippen LogP contribution in [0, 0.1) is 20.8 Å². The number of pyridine rings is 1. The maximum absolute atomic E-state index is 2.40. The number of aryl methyl sites for hydroxylation is 3. The number of hydrogen-bond acceptors (Lipinski definition) is 0. The molecule has 0 fully saturated rings. The molecule has 0 saturated carbocycles. The maximum atomic E-state index is 2.40. The molecule has 4 aromatic carbocycles. The molecular formula is C32H28N+. The summed E-state index contributed by atoms with van der Waals surface area (Å²) in [6, 6.07) is 29.0. The van der Waals surface area contributed by atoms with Crippen LogP contribution in [0.3, 0.4) is 0 Å². The zero-order chi connectivity index (χ0) is 22.7. The van der Waals surface area contributed by atoms with Crippen LogP contribution in [0.25, 0.3) is 44.3 Å². The first-order valence-electron chi connectivity index (χ1n) is 11.7. The monoisotopic (exact) mass is 426 g/mol. The molecule has 160 valence electrons. The lowest BCUT2D eigenvalue weighted by Crippen LogP contribution is -2.31. The van der Waals surface area contributed by atoms with Gasteiger partial charge in [0.2, 0.25) is 5.69 Å². The SMILES string of the molecule is Cc1c[n+](C)c(-c2ccc3c(c2C)Cc2cc(C)c4ccccc4c2-3)cc1-c1ccccc1. The highest BCUT2D eigenvalue weighted by Gasteiger charge is 2.26. The summed E-state index contributed by atoms with van der Waals surface area (Å²) in [5.74, 6) is 0. The van der Waals surface area contributed by atoms with Crippen molar-refractivity contribution in [2.45, 2.75) is 27.2 Å². The highest BCUT2D eigenvalue weighted by Crippen LogP contribution is 2.45. The Morgan fingerprint density at radius 1 is 0.667 bits per heavy atom. The van der Waals surface area contributed by atoms with Gasteiger partial charge in [0.15, 0.2) is 6.20 Å². The fraction of sp³-hybridized carbons (Fsp3) is 0.156. The highest BCUT2D eigenvalue weighted by atomic mass is 14.9. The second-order valence-electron chi connectivity index (χ2n) is 9.45. The van der Waals surface area contributed by atoms with Crippen molar-refractivity contribution < 1.29 is 4.57 Å². The summed E-state index contributed by atoms with van der Waals surface area (Å²) >= 11 is 0. The lowest BCUT2D eigenvalue weighted by Gasteiger charge is -2.13. The zero-order valence-electron chi connectivity index (χ0n) is 19.7. The van der Waals surface area contributed by atoms with E-state index < -0.39 is 0 Å². The molecule has 0 amide bonds. The standard InChI is InChI=1S/C32H28N/c1-20-16-24-17-30-22(3)26(14-15-28(30)32(24)27-13-9-8-12-25(20)27)31-18-29(21(2)19-33(31)4)23-10-6-5-7-11-23/h5-16,18-19H,17H2,1-4H3/q+1. The average Bonchev–Trinajstić information content (AvgIpc) is 3.20. The molecule has 33 heavy (non-hydrogen) atoms. The van der Waals surface area contributed by atoms with Crippen LogP contribution in [0.5, 0.6) is 0 Å². The topological polar surface area (TPSA) is 3.88 Å². The molecule has 0 atom stereocenters. The third kappa shape index (κ3) is 3.03. The third-order valence-electron chi connectivity index (χ3n) is 7.40. The van der Waals surface area contributed by atoms with Gasteiger partial charge in [-0.2, -0.15) is 0 Å². The second kappa shape index (κ2) is 7.42. The lowest BCUT2D eigenvalue weighted by atomic mass is 9.92. The molecule has 0 N–H and O–H groups in total. The van der Waals surface area contributed by atoms with E-state index in [-0.39, 0.29) is 0 Å².